The van der Waals surface area contributed by atoms with E-state index in [2.05, 4.69) is 11.7 Å². The van der Waals surface area contributed by atoms with Crippen molar-refractivity contribution in [2.45, 2.75) is 141 Å². The van der Waals surface area contributed by atoms with Gasteiger partial charge in [-0.3, -0.25) is 4.79 Å². The highest BCUT2D eigenvalue weighted by molar-refractivity contribution is 8.08. The molecule has 184 valence electrons. The van der Waals surface area contributed by atoms with E-state index < -0.39 is 25.9 Å². The number of nitrogens with zero attached hydrogens (tertiary/aromatic N) is 2. The molecule has 0 amide bonds. The number of unbranched alkanes of at least 4 members (excludes halogenated alkanes) is 9. The maximum absolute atomic E-state index is 13.0. The first-order valence-electron chi connectivity index (χ1n) is 13.5. The first kappa shape index (κ1) is 27.2. The number of sulfone groups is 1. The van der Waals surface area contributed by atoms with Crippen molar-refractivity contribution in [1.82, 2.24) is 0 Å². The average molecular weight is 467 g/mol. The Morgan fingerprint density at radius 1 is 0.781 bits per heavy atom. The standard InChI is InChI=1S/C26H46N2O3S/c1-2-3-4-5-6-7-8-9-10-12-15-22-18-20-24(21-19-22)32(30,31)26(28-27)25(29)23-16-13-11-14-17-23/h22-24H,2-21H2,1H3. The molecular weight excluding hydrogens is 420 g/mol. The highest BCUT2D eigenvalue weighted by Crippen LogP contribution is 2.33. The van der Waals surface area contributed by atoms with E-state index >= 15 is 0 Å². The van der Waals surface area contributed by atoms with Crippen molar-refractivity contribution in [3.05, 3.63) is 5.53 Å². The minimum atomic E-state index is -3.84. The molecule has 0 saturated heterocycles. The zero-order valence-electron chi connectivity index (χ0n) is 20.4. The fourth-order valence-electron chi connectivity index (χ4n) is 5.59. The van der Waals surface area contributed by atoms with E-state index in [4.69, 9.17) is 0 Å². The lowest BCUT2D eigenvalue weighted by Crippen LogP contribution is -2.39. The Balaban J connectivity index is 1.65. The summed E-state index contributed by atoms with van der Waals surface area (Å²) in [5, 5.41) is -1.13. The minimum absolute atomic E-state index is 0.294. The maximum Gasteiger partial charge on any atom is 0.447 e. The van der Waals surface area contributed by atoms with Crippen molar-refractivity contribution in [2.75, 3.05) is 0 Å². The molecule has 2 rings (SSSR count). The Morgan fingerprint density at radius 2 is 1.31 bits per heavy atom. The van der Waals surface area contributed by atoms with Crippen LogP contribution in [0.4, 0.5) is 0 Å². The lowest BCUT2D eigenvalue weighted by Gasteiger charge is -2.27. The second-order valence-electron chi connectivity index (χ2n) is 10.3. The summed E-state index contributed by atoms with van der Waals surface area (Å²) in [4.78, 5) is 15.7. The van der Waals surface area contributed by atoms with Gasteiger partial charge in [-0.1, -0.05) is 96.8 Å². The Kier molecular flexibility index (Phi) is 12.8. The lowest BCUT2D eigenvalue weighted by molar-refractivity contribution is -0.120. The number of Topliss-reactive ketones (excluding diaryl/α,β-unsaturated/α-hetero) is 1. The van der Waals surface area contributed by atoms with Crippen molar-refractivity contribution < 1.29 is 18.0 Å². The zero-order chi connectivity index (χ0) is 23.2. The summed E-state index contributed by atoms with van der Waals surface area (Å²) >= 11 is 0. The fourth-order valence-corrected chi connectivity index (χ4v) is 7.36. The highest BCUT2D eigenvalue weighted by atomic mass is 32.2. The van der Waals surface area contributed by atoms with Gasteiger partial charge in [0.05, 0.1) is 5.25 Å². The van der Waals surface area contributed by atoms with Gasteiger partial charge >= 0.3 is 5.04 Å². The quantitative estimate of drug-likeness (QED) is 0.0903. The van der Waals surface area contributed by atoms with Crippen LogP contribution in [-0.4, -0.2) is 29.3 Å². The van der Waals surface area contributed by atoms with E-state index in [0.29, 0.717) is 31.6 Å². The van der Waals surface area contributed by atoms with E-state index in [0.717, 1.165) is 32.1 Å². The SMILES string of the molecule is CCCCCCCCCCCCC1CCC(S(=O)(=O)C(=[N+]=[N-])C(=O)C2CCCCC2)CC1. The molecule has 0 radical (unpaired) electrons. The molecule has 0 aromatic carbocycles. The lowest BCUT2D eigenvalue weighted by atomic mass is 9.85. The van der Waals surface area contributed by atoms with Gasteiger partial charge in [-0.05, 0) is 44.4 Å². The Labute approximate surface area is 196 Å². The topological polar surface area (TPSA) is 87.6 Å². The van der Waals surface area contributed by atoms with Gasteiger partial charge in [0, 0.05) is 5.92 Å². The van der Waals surface area contributed by atoms with Crippen molar-refractivity contribution in [3.8, 4) is 0 Å². The largest absolute Gasteiger partial charge is 0.447 e. The van der Waals surface area contributed by atoms with Gasteiger partial charge in [-0.2, -0.15) is 0 Å². The fraction of sp³-hybridized carbons (Fsp3) is 0.923. The Bertz CT molecular complexity index is 699. The van der Waals surface area contributed by atoms with Crippen molar-refractivity contribution in [3.63, 3.8) is 0 Å². The number of hydrogen-bond acceptors (Lipinski definition) is 3. The third-order valence-corrected chi connectivity index (χ3v) is 9.92. The molecule has 2 saturated carbocycles. The molecule has 0 spiro atoms. The number of carbonyl (C=O) groups is 1. The molecule has 0 aromatic heterocycles. The second kappa shape index (κ2) is 15.0. The van der Waals surface area contributed by atoms with Crippen LogP contribution in [0.3, 0.4) is 0 Å². The van der Waals surface area contributed by atoms with Crippen LogP contribution < -0.4 is 0 Å². The van der Waals surface area contributed by atoms with Crippen LogP contribution in [0.15, 0.2) is 0 Å². The molecule has 5 nitrogen and oxygen atoms in total. The van der Waals surface area contributed by atoms with Gasteiger partial charge in [-0.15, -0.1) is 4.79 Å². The van der Waals surface area contributed by atoms with Crippen LogP contribution >= 0.6 is 0 Å². The second-order valence-corrected chi connectivity index (χ2v) is 12.4. The third kappa shape index (κ3) is 8.74. The van der Waals surface area contributed by atoms with Crippen LogP contribution in [0.1, 0.15) is 135 Å². The van der Waals surface area contributed by atoms with Crippen molar-refractivity contribution in [1.29, 1.82) is 0 Å². The third-order valence-electron chi connectivity index (χ3n) is 7.75. The van der Waals surface area contributed by atoms with Crippen LogP contribution in [-0.2, 0) is 14.6 Å². The number of hydrogen-bond donors (Lipinski definition) is 0. The summed E-state index contributed by atoms with van der Waals surface area (Å²) in [6.45, 7) is 2.26. The van der Waals surface area contributed by atoms with Gasteiger partial charge in [-0.25, -0.2) is 8.42 Å². The number of ketones is 1. The molecule has 0 unspecified atom stereocenters. The van der Waals surface area contributed by atoms with E-state index in [1.807, 2.05) is 0 Å². The van der Waals surface area contributed by atoms with Gasteiger partial charge in [0.25, 0.3) is 15.6 Å². The maximum atomic E-state index is 13.0. The normalized spacial score (nSPS) is 22.4. The Morgan fingerprint density at radius 3 is 1.84 bits per heavy atom. The molecular formula is C26H46N2O3S. The van der Waals surface area contributed by atoms with Gasteiger partial charge in [0.15, 0.2) is 0 Å². The number of rotatable bonds is 14. The predicted octanol–water partition coefficient (Wildman–Crippen LogP) is 7.05. The number of carbonyl (C=O) groups excluding carboxylic acids is 1. The smallest absolute Gasteiger partial charge is 0.360 e. The van der Waals surface area contributed by atoms with E-state index in [-0.39, 0.29) is 5.92 Å². The molecule has 0 atom stereocenters. The monoisotopic (exact) mass is 466 g/mol. The van der Waals surface area contributed by atoms with Crippen LogP contribution in [0.5, 0.6) is 0 Å². The minimum Gasteiger partial charge on any atom is -0.360 e. The first-order valence-corrected chi connectivity index (χ1v) is 15.1. The molecule has 0 aromatic rings. The van der Waals surface area contributed by atoms with Crippen molar-refractivity contribution in [2.24, 2.45) is 11.8 Å². The molecule has 2 aliphatic rings. The molecule has 2 aliphatic carbocycles. The summed E-state index contributed by atoms with van der Waals surface area (Å²) in [6, 6.07) is 0. The molecule has 32 heavy (non-hydrogen) atoms. The van der Waals surface area contributed by atoms with E-state index in [1.54, 1.807) is 0 Å². The summed E-state index contributed by atoms with van der Waals surface area (Å²) in [5.74, 6) is -0.157. The van der Waals surface area contributed by atoms with Crippen molar-refractivity contribution >= 4 is 20.7 Å². The van der Waals surface area contributed by atoms with Crippen LogP contribution in [0.25, 0.3) is 5.53 Å². The molecule has 0 aliphatic heterocycles. The zero-order valence-corrected chi connectivity index (χ0v) is 21.2. The molecule has 6 heteroatoms. The molecule has 0 bridgehead atoms. The van der Waals surface area contributed by atoms with Gasteiger partial charge in [0.1, 0.15) is 0 Å². The molecule has 0 N–H and O–H groups in total. The predicted molar refractivity (Wildman–Crippen MR) is 131 cm³/mol. The summed E-state index contributed by atoms with van der Waals surface area (Å²) < 4.78 is 26.1. The summed E-state index contributed by atoms with van der Waals surface area (Å²) in [6.07, 6.45) is 21.9. The first-order chi connectivity index (χ1) is 15.5. The molecule has 2 fully saturated rings. The summed E-state index contributed by atoms with van der Waals surface area (Å²) in [5.41, 5.74) is 9.39. The van der Waals surface area contributed by atoms with Crippen LogP contribution in [0.2, 0.25) is 0 Å². The average Bonchev–Trinajstić information content (AvgIpc) is 2.81. The van der Waals surface area contributed by atoms with Gasteiger partial charge < -0.3 is 5.53 Å². The molecule has 0 heterocycles. The van der Waals surface area contributed by atoms with Crippen LogP contribution in [0, 0.1) is 11.8 Å². The van der Waals surface area contributed by atoms with E-state index in [9.17, 15) is 18.7 Å². The van der Waals surface area contributed by atoms with Gasteiger partial charge in [0.2, 0.25) is 0 Å². The Hall–Kier alpha value is -1.00. The summed E-state index contributed by atoms with van der Waals surface area (Å²) in [7, 11) is -3.84. The van der Waals surface area contributed by atoms with E-state index in [1.165, 1.54) is 70.6 Å². The highest BCUT2D eigenvalue weighted by Gasteiger charge is 2.45.